The molecule has 1 aliphatic carbocycles. The molecule has 1 rings (SSSR count). The predicted octanol–water partition coefficient (Wildman–Crippen LogP) is 1.31. The maximum atomic E-state index is 9.47. The van der Waals surface area contributed by atoms with E-state index in [4.69, 9.17) is 0 Å². The van der Waals surface area contributed by atoms with Gasteiger partial charge in [-0.25, -0.2) is 0 Å². The predicted molar refractivity (Wildman–Crippen MR) is 51.0 cm³/mol. The van der Waals surface area contributed by atoms with Crippen molar-refractivity contribution < 1.29 is 5.11 Å². The lowest BCUT2D eigenvalue weighted by molar-refractivity contribution is -0.0738. The van der Waals surface area contributed by atoms with Crippen LogP contribution in [0, 0.1) is 5.41 Å². The van der Waals surface area contributed by atoms with Crippen LogP contribution in [0.2, 0.25) is 0 Å². The second-order valence-electron chi connectivity index (χ2n) is 4.32. The number of nitrogens with one attached hydrogen (secondary N) is 1. The Labute approximate surface area is 74.7 Å². The first-order valence-electron chi connectivity index (χ1n) is 4.55. The highest BCUT2D eigenvalue weighted by Crippen LogP contribution is 2.40. The average molecular weight is 169 g/mol. The van der Waals surface area contributed by atoms with E-state index in [9.17, 15) is 5.11 Å². The molecule has 12 heavy (non-hydrogen) atoms. The van der Waals surface area contributed by atoms with Gasteiger partial charge >= 0.3 is 0 Å². The minimum atomic E-state index is -0.146. The van der Waals surface area contributed by atoms with E-state index in [2.05, 4.69) is 32.7 Å². The molecule has 3 unspecified atom stereocenters. The summed E-state index contributed by atoms with van der Waals surface area (Å²) >= 11 is 0. The third-order valence-corrected chi connectivity index (χ3v) is 3.03. The Hall–Kier alpha value is -0.340. The van der Waals surface area contributed by atoms with E-state index in [1.54, 1.807) is 0 Å². The summed E-state index contributed by atoms with van der Waals surface area (Å²) in [6, 6.07) is 0.766. The summed E-state index contributed by atoms with van der Waals surface area (Å²) in [5, 5.41) is 12.9. The minimum Gasteiger partial charge on any atom is -0.392 e. The molecule has 0 spiro atoms. The van der Waals surface area contributed by atoms with E-state index in [1.165, 1.54) is 0 Å². The van der Waals surface area contributed by atoms with Gasteiger partial charge in [-0.2, -0.15) is 0 Å². The molecule has 0 radical (unpaired) electrons. The van der Waals surface area contributed by atoms with E-state index in [-0.39, 0.29) is 11.5 Å². The van der Waals surface area contributed by atoms with Crippen molar-refractivity contribution in [3.8, 4) is 0 Å². The van der Waals surface area contributed by atoms with E-state index in [0.29, 0.717) is 12.1 Å². The third-order valence-electron chi connectivity index (χ3n) is 3.03. The molecule has 1 aliphatic rings. The van der Waals surface area contributed by atoms with E-state index in [1.807, 2.05) is 6.08 Å². The van der Waals surface area contributed by atoms with Crippen LogP contribution in [0.5, 0.6) is 0 Å². The van der Waals surface area contributed by atoms with Crippen LogP contribution in [0.4, 0.5) is 0 Å². The molecule has 70 valence electrons. The Bertz CT molecular complexity index is 177. The normalized spacial score (nSPS) is 35.3. The maximum Gasteiger partial charge on any atom is 0.0621 e. The SMILES string of the molecule is C=CC(C)NC1CC(O)C1(C)C. The van der Waals surface area contributed by atoms with Gasteiger partial charge in [0, 0.05) is 17.5 Å². The number of aliphatic hydroxyl groups is 1. The Morgan fingerprint density at radius 1 is 1.67 bits per heavy atom. The topological polar surface area (TPSA) is 32.3 Å². The van der Waals surface area contributed by atoms with Crippen LogP contribution in [0.3, 0.4) is 0 Å². The van der Waals surface area contributed by atoms with Gasteiger partial charge in [0.15, 0.2) is 0 Å². The fourth-order valence-electron chi connectivity index (χ4n) is 1.57. The highest BCUT2D eigenvalue weighted by molar-refractivity contribution is 5.03. The summed E-state index contributed by atoms with van der Waals surface area (Å²) in [5.41, 5.74) is 0.0251. The molecule has 0 aromatic heterocycles. The zero-order valence-electron chi connectivity index (χ0n) is 8.17. The van der Waals surface area contributed by atoms with Crippen LogP contribution in [-0.2, 0) is 0 Å². The molecule has 0 bridgehead atoms. The van der Waals surface area contributed by atoms with Gasteiger partial charge in [0.25, 0.3) is 0 Å². The molecular formula is C10H19NO. The van der Waals surface area contributed by atoms with Gasteiger partial charge in [-0.15, -0.1) is 6.58 Å². The standard InChI is InChI=1S/C10H19NO/c1-5-7(2)11-8-6-9(12)10(8,3)4/h5,7-9,11-12H,1,6H2,2-4H3. The lowest BCUT2D eigenvalue weighted by atomic mass is 9.64. The van der Waals surface area contributed by atoms with Gasteiger partial charge in [-0.3, -0.25) is 0 Å². The molecule has 0 aromatic rings. The highest BCUT2D eigenvalue weighted by Gasteiger charge is 2.47. The van der Waals surface area contributed by atoms with Crippen LogP contribution < -0.4 is 5.32 Å². The largest absolute Gasteiger partial charge is 0.392 e. The number of hydrogen-bond acceptors (Lipinski definition) is 2. The van der Waals surface area contributed by atoms with E-state index in [0.717, 1.165) is 6.42 Å². The first kappa shape index (κ1) is 9.75. The Kier molecular flexibility index (Phi) is 2.59. The quantitative estimate of drug-likeness (QED) is 0.624. The van der Waals surface area contributed by atoms with Crippen molar-refractivity contribution in [2.75, 3.05) is 0 Å². The summed E-state index contributed by atoms with van der Waals surface area (Å²) in [6.07, 6.45) is 2.61. The van der Waals surface area contributed by atoms with Gasteiger partial charge in [0.05, 0.1) is 6.10 Å². The van der Waals surface area contributed by atoms with Gasteiger partial charge in [0.1, 0.15) is 0 Å². The summed E-state index contributed by atoms with van der Waals surface area (Å²) < 4.78 is 0. The fourth-order valence-corrected chi connectivity index (χ4v) is 1.57. The first-order valence-corrected chi connectivity index (χ1v) is 4.55. The molecular weight excluding hydrogens is 150 g/mol. The molecule has 0 amide bonds. The van der Waals surface area contributed by atoms with Crippen molar-refractivity contribution in [1.82, 2.24) is 5.32 Å². The number of aliphatic hydroxyl groups excluding tert-OH is 1. The summed E-state index contributed by atoms with van der Waals surface area (Å²) in [4.78, 5) is 0. The monoisotopic (exact) mass is 169 g/mol. The van der Waals surface area contributed by atoms with E-state index < -0.39 is 0 Å². The van der Waals surface area contributed by atoms with Gasteiger partial charge in [-0.1, -0.05) is 19.9 Å². The molecule has 3 atom stereocenters. The van der Waals surface area contributed by atoms with Crippen molar-refractivity contribution in [1.29, 1.82) is 0 Å². The van der Waals surface area contributed by atoms with Crippen molar-refractivity contribution in [3.05, 3.63) is 12.7 Å². The molecule has 2 nitrogen and oxygen atoms in total. The molecule has 0 aromatic carbocycles. The summed E-state index contributed by atoms with van der Waals surface area (Å²) in [5.74, 6) is 0. The van der Waals surface area contributed by atoms with Gasteiger partial charge in [0.2, 0.25) is 0 Å². The van der Waals surface area contributed by atoms with Crippen molar-refractivity contribution in [2.24, 2.45) is 5.41 Å². The van der Waals surface area contributed by atoms with Crippen molar-refractivity contribution in [2.45, 2.75) is 45.4 Å². The first-order chi connectivity index (χ1) is 5.48. The highest BCUT2D eigenvalue weighted by atomic mass is 16.3. The molecule has 1 saturated carbocycles. The van der Waals surface area contributed by atoms with Crippen LogP contribution >= 0.6 is 0 Å². The molecule has 0 saturated heterocycles. The summed E-state index contributed by atoms with van der Waals surface area (Å²) in [6.45, 7) is 9.97. The second kappa shape index (κ2) is 3.19. The Balaban J connectivity index is 2.42. The second-order valence-corrected chi connectivity index (χ2v) is 4.32. The van der Waals surface area contributed by atoms with Crippen LogP contribution in [-0.4, -0.2) is 23.3 Å². The molecule has 2 N–H and O–H groups in total. The van der Waals surface area contributed by atoms with Crippen LogP contribution in [0.1, 0.15) is 27.2 Å². The molecule has 2 heteroatoms. The maximum absolute atomic E-state index is 9.47. The molecule has 1 fully saturated rings. The molecule has 0 heterocycles. The van der Waals surface area contributed by atoms with Gasteiger partial charge < -0.3 is 10.4 Å². The zero-order chi connectivity index (χ0) is 9.35. The minimum absolute atomic E-state index is 0.0251. The average Bonchev–Trinajstić information content (AvgIpc) is 2.03. The van der Waals surface area contributed by atoms with Gasteiger partial charge in [-0.05, 0) is 13.3 Å². The van der Waals surface area contributed by atoms with Crippen molar-refractivity contribution >= 4 is 0 Å². The van der Waals surface area contributed by atoms with Crippen molar-refractivity contribution in [3.63, 3.8) is 0 Å². The van der Waals surface area contributed by atoms with Crippen LogP contribution in [0.25, 0.3) is 0 Å². The van der Waals surface area contributed by atoms with Crippen LogP contribution in [0.15, 0.2) is 12.7 Å². The number of rotatable bonds is 3. The zero-order valence-corrected chi connectivity index (χ0v) is 8.17. The lowest BCUT2D eigenvalue weighted by Crippen LogP contribution is -2.61. The smallest absolute Gasteiger partial charge is 0.0621 e. The Morgan fingerprint density at radius 2 is 2.25 bits per heavy atom. The Morgan fingerprint density at radius 3 is 2.58 bits per heavy atom. The molecule has 0 aliphatic heterocycles. The summed E-state index contributed by atoms with van der Waals surface area (Å²) in [7, 11) is 0. The third kappa shape index (κ3) is 1.54. The lowest BCUT2D eigenvalue weighted by Gasteiger charge is -2.50. The fraction of sp³-hybridized carbons (Fsp3) is 0.800. The van der Waals surface area contributed by atoms with E-state index >= 15 is 0 Å². The number of hydrogen-bond donors (Lipinski definition) is 2.